The summed E-state index contributed by atoms with van der Waals surface area (Å²) in [7, 11) is 3.53. The number of rotatable bonds is 10. The molecule has 0 aliphatic rings. The molecule has 5 heteroatoms. The van der Waals surface area contributed by atoms with Crippen molar-refractivity contribution in [2.45, 2.75) is 19.8 Å². The van der Waals surface area contributed by atoms with E-state index in [2.05, 4.69) is 11.8 Å². The van der Waals surface area contributed by atoms with Gasteiger partial charge < -0.3 is 20.3 Å². The molecule has 0 saturated heterocycles. The number of hydrogen-bond acceptors (Lipinski definition) is 4. The van der Waals surface area contributed by atoms with Crippen LogP contribution < -0.4 is 5.73 Å². The van der Waals surface area contributed by atoms with Crippen LogP contribution in [-0.4, -0.2) is 69.2 Å². The number of nitrogens with zero attached hydrogens (tertiary/aromatic N) is 2. The molecule has 0 aromatic heterocycles. The number of ether oxygens (including phenoxy) is 1. The molecule has 0 bridgehead atoms. The van der Waals surface area contributed by atoms with Gasteiger partial charge in [0.05, 0.1) is 6.61 Å². The highest BCUT2D eigenvalue weighted by molar-refractivity contribution is 5.76. The summed E-state index contributed by atoms with van der Waals surface area (Å²) in [5, 5.41) is 0. The van der Waals surface area contributed by atoms with E-state index in [0.717, 1.165) is 32.6 Å². The van der Waals surface area contributed by atoms with Gasteiger partial charge in [-0.1, -0.05) is 6.92 Å². The van der Waals surface area contributed by atoms with Gasteiger partial charge in [0.15, 0.2) is 0 Å². The lowest BCUT2D eigenvalue weighted by Crippen LogP contribution is -2.34. The first kappa shape index (κ1) is 16.4. The fraction of sp³-hybridized carbons (Fsp3) is 0.917. The third-order valence-corrected chi connectivity index (χ3v) is 2.82. The summed E-state index contributed by atoms with van der Waals surface area (Å²) in [4.78, 5) is 15.8. The molecule has 0 atom stereocenters. The van der Waals surface area contributed by atoms with Gasteiger partial charge in [0.25, 0.3) is 0 Å². The molecule has 0 spiro atoms. The minimum Gasteiger partial charge on any atom is -0.383 e. The molecule has 2 N–H and O–H groups in total. The third kappa shape index (κ3) is 8.12. The van der Waals surface area contributed by atoms with Crippen LogP contribution in [0.25, 0.3) is 0 Å². The van der Waals surface area contributed by atoms with E-state index in [-0.39, 0.29) is 5.91 Å². The molecule has 0 radical (unpaired) electrons. The quantitative estimate of drug-likeness (QED) is 0.595. The Balaban J connectivity index is 3.78. The lowest BCUT2D eigenvalue weighted by atomic mass is 10.3. The van der Waals surface area contributed by atoms with Gasteiger partial charge in [0.2, 0.25) is 5.91 Å². The van der Waals surface area contributed by atoms with Crippen molar-refractivity contribution in [1.82, 2.24) is 9.80 Å². The maximum Gasteiger partial charge on any atom is 0.223 e. The number of methoxy groups -OCH3 is 1. The van der Waals surface area contributed by atoms with Gasteiger partial charge in [-0.05, 0) is 19.5 Å². The van der Waals surface area contributed by atoms with Crippen LogP contribution >= 0.6 is 0 Å². The van der Waals surface area contributed by atoms with E-state index in [1.165, 1.54) is 0 Å². The second kappa shape index (κ2) is 10.5. The van der Waals surface area contributed by atoms with Crippen LogP contribution in [-0.2, 0) is 9.53 Å². The van der Waals surface area contributed by atoms with E-state index < -0.39 is 0 Å². The second-order valence-electron chi connectivity index (χ2n) is 4.13. The Morgan fingerprint density at radius 3 is 2.53 bits per heavy atom. The lowest BCUT2D eigenvalue weighted by Gasteiger charge is -2.22. The number of nitrogens with two attached hydrogens (primary N) is 1. The van der Waals surface area contributed by atoms with Crippen molar-refractivity contribution in [3.8, 4) is 0 Å². The molecular weight excluding hydrogens is 218 g/mol. The van der Waals surface area contributed by atoms with Crippen molar-refractivity contribution < 1.29 is 9.53 Å². The van der Waals surface area contributed by atoms with Gasteiger partial charge in [-0.3, -0.25) is 4.79 Å². The number of amides is 1. The topological polar surface area (TPSA) is 58.8 Å². The normalized spacial score (nSPS) is 10.9. The van der Waals surface area contributed by atoms with Gasteiger partial charge >= 0.3 is 0 Å². The molecule has 102 valence electrons. The third-order valence-electron chi connectivity index (χ3n) is 2.82. The summed E-state index contributed by atoms with van der Waals surface area (Å²) in [5.41, 5.74) is 5.42. The van der Waals surface area contributed by atoms with E-state index in [9.17, 15) is 4.79 Å². The number of carbonyl (C=O) groups excluding carboxylic acids is 1. The zero-order valence-corrected chi connectivity index (χ0v) is 11.4. The van der Waals surface area contributed by atoms with Crippen LogP contribution in [0.2, 0.25) is 0 Å². The van der Waals surface area contributed by atoms with Crippen molar-refractivity contribution in [2.24, 2.45) is 5.73 Å². The average molecular weight is 245 g/mol. The maximum atomic E-state index is 11.8. The summed E-state index contributed by atoms with van der Waals surface area (Å²) < 4.78 is 5.03. The van der Waals surface area contributed by atoms with Gasteiger partial charge in [-0.2, -0.15) is 0 Å². The van der Waals surface area contributed by atoms with Crippen molar-refractivity contribution in [2.75, 3.05) is 53.5 Å². The van der Waals surface area contributed by atoms with Crippen LogP contribution in [0.1, 0.15) is 19.8 Å². The molecule has 0 aliphatic heterocycles. The van der Waals surface area contributed by atoms with Gasteiger partial charge in [0, 0.05) is 40.2 Å². The maximum absolute atomic E-state index is 11.8. The van der Waals surface area contributed by atoms with Crippen molar-refractivity contribution in [3.63, 3.8) is 0 Å². The summed E-state index contributed by atoms with van der Waals surface area (Å²) in [6.07, 6.45) is 1.43. The fourth-order valence-electron chi connectivity index (χ4n) is 1.55. The molecule has 0 aliphatic carbocycles. The van der Waals surface area contributed by atoms with E-state index >= 15 is 0 Å². The molecule has 5 nitrogen and oxygen atoms in total. The van der Waals surface area contributed by atoms with Gasteiger partial charge in [0.1, 0.15) is 0 Å². The Morgan fingerprint density at radius 2 is 2.00 bits per heavy atom. The molecular formula is C12H27N3O2. The number of hydrogen-bond donors (Lipinski definition) is 1. The predicted molar refractivity (Wildman–Crippen MR) is 69.9 cm³/mol. The van der Waals surface area contributed by atoms with Gasteiger partial charge in [-0.15, -0.1) is 0 Å². The lowest BCUT2D eigenvalue weighted by molar-refractivity contribution is -0.130. The minimum absolute atomic E-state index is 0.189. The van der Waals surface area contributed by atoms with Crippen LogP contribution in [0.5, 0.6) is 0 Å². The standard InChI is InChI=1S/C12H27N3O2/c1-4-15(10-11-17-3)9-6-12(16)14(2)8-5-7-13/h4-11,13H2,1-3H3. The van der Waals surface area contributed by atoms with E-state index in [0.29, 0.717) is 19.6 Å². The molecule has 0 saturated carbocycles. The molecule has 0 heterocycles. The molecule has 1 amide bonds. The zero-order valence-electron chi connectivity index (χ0n) is 11.4. The molecule has 0 aromatic carbocycles. The van der Waals surface area contributed by atoms with Gasteiger partial charge in [-0.25, -0.2) is 0 Å². The average Bonchev–Trinajstić information content (AvgIpc) is 2.35. The van der Waals surface area contributed by atoms with Crippen molar-refractivity contribution in [1.29, 1.82) is 0 Å². The zero-order chi connectivity index (χ0) is 13.1. The monoisotopic (exact) mass is 245 g/mol. The predicted octanol–water partition coefficient (Wildman–Crippen LogP) is 0.152. The SMILES string of the molecule is CCN(CCOC)CCC(=O)N(C)CCCN. The molecule has 0 fully saturated rings. The summed E-state index contributed by atoms with van der Waals surface area (Å²) >= 11 is 0. The summed E-state index contributed by atoms with van der Waals surface area (Å²) in [5.74, 6) is 0.189. The highest BCUT2D eigenvalue weighted by Gasteiger charge is 2.10. The molecule has 0 aromatic rings. The summed E-state index contributed by atoms with van der Waals surface area (Å²) in [6, 6.07) is 0. The molecule has 0 rings (SSSR count). The van der Waals surface area contributed by atoms with Crippen LogP contribution in [0.3, 0.4) is 0 Å². The van der Waals surface area contributed by atoms with Crippen molar-refractivity contribution in [3.05, 3.63) is 0 Å². The van der Waals surface area contributed by atoms with E-state index in [4.69, 9.17) is 10.5 Å². The Morgan fingerprint density at radius 1 is 1.29 bits per heavy atom. The van der Waals surface area contributed by atoms with Crippen LogP contribution in [0.4, 0.5) is 0 Å². The largest absolute Gasteiger partial charge is 0.383 e. The highest BCUT2D eigenvalue weighted by Crippen LogP contribution is 1.97. The Kier molecular flexibility index (Phi) is 10.1. The van der Waals surface area contributed by atoms with E-state index in [1.54, 1.807) is 12.0 Å². The van der Waals surface area contributed by atoms with Crippen LogP contribution in [0, 0.1) is 0 Å². The second-order valence-corrected chi connectivity index (χ2v) is 4.13. The smallest absolute Gasteiger partial charge is 0.223 e. The minimum atomic E-state index is 0.189. The number of carbonyl (C=O) groups is 1. The van der Waals surface area contributed by atoms with E-state index in [1.807, 2.05) is 7.05 Å². The molecule has 17 heavy (non-hydrogen) atoms. The first-order chi connectivity index (χ1) is 8.15. The number of likely N-dealkylation sites (N-methyl/N-ethyl adjacent to an activating group) is 1. The first-order valence-corrected chi connectivity index (χ1v) is 6.31. The Labute approximate surface area is 105 Å². The Bertz CT molecular complexity index is 200. The molecule has 0 unspecified atom stereocenters. The summed E-state index contributed by atoms with van der Waals surface area (Å²) in [6.45, 7) is 6.82. The Hall–Kier alpha value is -0.650. The van der Waals surface area contributed by atoms with Crippen LogP contribution in [0.15, 0.2) is 0 Å². The fourth-order valence-corrected chi connectivity index (χ4v) is 1.55. The first-order valence-electron chi connectivity index (χ1n) is 6.31. The highest BCUT2D eigenvalue weighted by atomic mass is 16.5. The van der Waals surface area contributed by atoms with Crippen molar-refractivity contribution >= 4 is 5.91 Å².